The number of aromatic nitrogens is 3. The maximum Gasteiger partial charge on any atom is 0.225 e. The summed E-state index contributed by atoms with van der Waals surface area (Å²) < 4.78 is 5.28. The van der Waals surface area contributed by atoms with Crippen molar-refractivity contribution < 1.29 is 9.84 Å². The van der Waals surface area contributed by atoms with Crippen LogP contribution in [-0.4, -0.2) is 39.8 Å². The van der Waals surface area contributed by atoms with E-state index in [2.05, 4.69) is 25.6 Å². The van der Waals surface area contributed by atoms with Gasteiger partial charge in [0.25, 0.3) is 0 Å². The highest BCUT2D eigenvalue weighted by Gasteiger charge is 2.15. The van der Waals surface area contributed by atoms with Gasteiger partial charge < -0.3 is 20.5 Å². The van der Waals surface area contributed by atoms with Crippen LogP contribution >= 0.6 is 0 Å². The van der Waals surface area contributed by atoms with Gasteiger partial charge in [0.2, 0.25) is 5.95 Å². The van der Waals surface area contributed by atoms with Crippen LogP contribution in [0.1, 0.15) is 13.8 Å². The molecule has 146 valence electrons. The Bertz CT molecular complexity index is 902. The molecule has 1 aromatic carbocycles. The number of methoxy groups -OCH3 is 1. The molecule has 3 N–H and O–H groups in total. The van der Waals surface area contributed by atoms with E-state index in [0.717, 1.165) is 17.1 Å². The SMILES string of the molecule is COc1cccc(Nc2cc(-c3ccccn3)nc(N[C@H](CO)C(C)C)n2)c1. The summed E-state index contributed by atoms with van der Waals surface area (Å²) in [7, 11) is 1.63. The zero-order chi connectivity index (χ0) is 19.9. The zero-order valence-electron chi connectivity index (χ0n) is 16.3. The summed E-state index contributed by atoms with van der Waals surface area (Å²) in [5.74, 6) is 2.03. The zero-order valence-corrected chi connectivity index (χ0v) is 16.3. The number of pyridine rings is 1. The number of aliphatic hydroxyl groups excluding tert-OH is 1. The Balaban J connectivity index is 1.96. The van der Waals surface area contributed by atoms with Gasteiger partial charge in [0.1, 0.15) is 11.6 Å². The molecule has 0 unspecified atom stereocenters. The second-order valence-electron chi connectivity index (χ2n) is 6.71. The molecule has 0 bridgehead atoms. The second-order valence-corrected chi connectivity index (χ2v) is 6.71. The summed E-state index contributed by atoms with van der Waals surface area (Å²) in [6.07, 6.45) is 1.73. The third-order valence-electron chi connectivity index (χ3n) is 4.31. The maximum atomic E-state index is 9.65. The van der Waals surface area contributed by atoms with Gasteiger partial charge >= 0.3 is 0 Å². The third kappa shape index (κ3) is 4.95. The van der Waals surface area contributed by atoms with E-state index in [4.69, 9.17) is 4.74 Å². The van der Waals surface area contributed by atoms with E-state index in [0.29, 0.717) is 17.5 Å². The Morgan fingerprint density at radius 1 is 1.04 bits per heavy atom. The van der Waals surface area contributed by atoms with Crippen molar-refractivity contribution in [3.8, 4) is 17.1 Å². The first-order chi connectivity index (χ1) is 13.6. The van der Waals surface area contributed by atoms with E-state index in [1.165, 1.54) is 0 Å². The number of rotatable bonds is 8. The molecule has 0 aliphatic rings. The highest BCUT2D eigenvalue weighted by molar-refractivity contribution is 5.66. The van der Waals surface area contributed by atoms with Gasteiger partial charge in [0.15, 0.2) is 0 Å². The van der Waals surface area contributed by atoms with Crippen molar-refractivity contribution in [2.75, 3.05) is 24.4 Å². The monoisotopic (exact) mass is 379 g/mol. The van der Waals surface area contributed by atoms with Crippen molar-refractivity contribution in [1.29, 1.82) is 0 Å². The molecule has 0 saturated heterocycles. The Morgan fingerprint density at radius 2 is 1.89 bits per heavy atom. The van der Waals surface area contributed by atoms with Crippen LogP contribution in [-0.2, 0) is 0 Å². The lowest BCUT2D eigenvalue weighted by Crippen LogP contribution is -2.30. The first-order valence-electron chi connectivity index (χ1n) is 9.18. The summed E-state index contributed by atoms with van der Waals surface area (Å²) in [6, 6.07) is 15.0. The molecule has 7 nitrogen and oxygen atoms in total. The predicted molar refractivity (Wildman–Crippen MR) is 111 cm³/mol. The summed E-state index contributed by atoms with van der Waals surface area (Å²) in [5, 5.41) is 16.2. The third-order valence-corrected chi connectivity index (χ3v) is 4.31. The normalized spacial score (nSPS) is 11.9. The first kappa shape index (κ1) is 19.6. The van der Waals surface area contributed by atoms with E-state index >= 15 is 0 Å². The number of nitrogens with zero attached hydrogens (tertiary/aromatic N) is 3. The summed E-state index contributed by atoms with van der Waals surface area (Å²) in [4.78, 5) is 13.5. The minimum Gasteiger partial charge on any atom is -0.497 e. The average Bonchev–Trinajstić information content (AvgIpc) is 2.72. The minimum atomic E-state index is -0.149. The molecule has 2 heterocycles. The van der Waals surface area contributed by atoms with Crippen LogP contribution in [0.4, 0.5) is 17.5 Å². The summed E-state index contributed by atoms with van der Waals surface area (Å²) in [5.41, 5.74) is 2.27. The van der Waals surface area contributed by atoms with Crippen LogP contribution in [0.5, 0.6) is 5.75 Å². The fourth-order valence-electron chi connectivity index (χ4n) is 2.66. The van der Waals surface area contributed by atoms with Gasteiger partial charge in [-0.15, -0.1) is 0 Å². The Morgan fingerprint density at radius 3 is 2.57 bits per heavy atom. The number of hydrogen-bond donors (Lipinski definition) is 3. The van der Waals surface area contributed by atoms with Crippen molar-refractivity contribution in [3.05, 3.63) is 54.7 Å². The van der Waals surface area contributed by atoms with Gasteiger partial charge in [0, 0.05) is 24.0 Å². The van der Waals surface area contributed by atoms with E-state index < -0.39 is 0 Å². The molecule has 0 spiro atoms. The van der Waals surface area contributed by atoms with Gasteiger partial charge in [-0.05, 0) is 30.2 Å². The molecule has 1 atom stereocenters. The van der Waals surface area contributed by atoms with Crippen molar-refractivity contribution in [3.63, 3.8) is 0 Å². The molecule has 2 aromatic heterocycles. The molecule has 0 amide bonds. The van der Waals surface area contributed by atoms with Gasteiger partial charge in [-0.2, -0.15) is 4.98 Å². The second kappa shape index (κ2) is 9.14. The molecular formula is C21H25N5O2. The molecule has 7 heteroatoms. The van der Waals surface area contributed by atoms with Gasteiger partial charge in [0.05, 0.1) is 31.1 Å². The lowest BCUT2D eigenvalue weighted by molar-refractivity contribution is 0.248. The van der Waals surface area contributed by atoms with E-state index in [9.17, 15) is 5.11 Å². The maximum absolute atomic E-state index is 9.65. The highest BCUT2D eigenvalue weighted by Crippen LogP contribution is 2.25. The Kier molecular flexibility index (Phi) is 6.39. The predicted octanol–water partition coefficient (Wildman–Crippen LogP) is 3.72. The van der Waals surface area contributed by atoms with Crippen molar-refractivity contribution in [2.45, 2.75) is 19.9 Å². The van der Waals surface area contributed by atoms with Crippen LogP contribution in [0, 0.1) is 5.92 Å². The molecule has 0 aliphatic heterocycles. The quantitative estimate of drug-likeness (QED) is 0.549. The standard InChI is InChI=1S/C21H25N5O2/c1-14(2)19(13-27)25-21-24-18(17-9-4-5-10-22-17)12-20(26-21)23-15-7-6-8-16(11-15)28-3/h4-12,14,19,27H,13H2,1-3H3,(H2,23,24,25,26)/t19-/m1/s1. The minimum absolute atomic E-state index is 0.00646. The fraction of sp³-hybridized carbons (Fsp3) is 0.286. The van der Waals surface area contributed by atoms with Gasteiger partial charge in [-0.1, -0.05) is 26.0 Å². The van der Waals surface area contributed by atoms with Crippen LogP contribution in [0.2, 0.25) is 0 Å². The smallest absolute Gasteiger partial charge is 0.225 e. The number of aliphatic hydroxyl groups is 1. The Hall–Kier alpha value is -3.19. The first-order valence-corrected chi connectivity index (χ1v) is 9.18. The lowest BCUT2D eigenvalue weighted by Gasteiger charge is -2.20. The molecule has 3 rings (SSSR count). The number of nitrogens with one attached hydrogen (secondary N) is 2. The van der Waals surface area contributed by atoms with Crippen LogP contribution < -0.4 is 15.4 Å². The molecular weight excluding hydrogens is 354 g/mol. The van der Waals surface area contributed by atoms with E-state index in [-0.39, 0.29) is 18.6 Å². The molecule has 0 aliphatic carbocycles. The van der Waals surface area contributed by atoms with Crippen molar-refractivity contribution in [2.24, 2.45) is 5.92 Å². The lowest BCUT2D eigenvalue weighted by atomic mass is 10.1. The topological polar surface area (TPSA) is 92.2 Å². The van der Waals surface area contributed by atoms with Gasteiger partial charge in [-0.3, -0.25) is 4.98 Å². The summed E-state index contributed by atoms with van der Waals surface area (Å²) in [6.45, 7) is 4.06. The number of benzene rings is 1. The number of hydrogen-bond acceptors (Lipinski definition) is 7. The molecule has 0 fully saturated rings. The van der Waals surface area contributed by atoms with Crippen molar-refractivity contribution >= 4 is 17.5 Å². The summed E-state index contributed by atoms with van der Waals surface area (Å²) >= 11 is 0. The number of anilines is 3. The molecule has 0 radical (unpaired) electrons. The largest absolute Gasteiger partial charge is 0.497 e. The van der Waals surface area contributed by atoms with Gasteiger partial charge in [-0.25, -0.2) is 4.98 Å². The van der Waals surface area contributed by atoms with E-state index in [1.807, 2.05) is 62.4 Å². The molecule has 28 heavy (non-hydrogen) atoms. The fourth-order valence-corrected chi connectivity index (χ4v) is 2.66. The number of ether oxygens (including phenoxy) is 1. The average molecular weight is 379 g/mol. The molecule has 3 aromatic rings. The van der Waals surface area contributed by atoms with Crippen molar-refractivity contribution in [1.82, 2.24) is 15.0 Å². The Labute approximate surface area is 164 Å². The van der Waals surface area contributed by atoms with Crippen LogP contribution in [0.15, 0.2) is 54.7 Å². The van der Waals surface area contributed by atoms with Crippen LogP contribution in [0.25, 0.3) is 11.4 Å². The molecule has 0 saturated carbocycles. The highest BCUT2D eigenvalue weighted by atomic mass is 16.5. The van der Waals surface area contributed by atoms with E-state index in [1.54, 1.807) is 13.3 Å². The van der Waals surface area contributed by atoms with Crippen LogP contribution in [0.3, 0.4) is 0 Å².